The lowest BCUT2D eigenvalue weighted by Gasteiger charge is -2.43. The van der Waals surface area contributed by atoms with Crippen molar-refractivity contribution in [2.24, 2.45) is 5.73 Å². The van der Waals surface area contributed by atoms with Gasteiger partial charge in [0, 0.05) is 44.3 Å². The molecule has 0 amide bonds. The molecule has 2 unspecified atom stereocenters. The molecule has 2 aliphatic rings. The van der Waals surface area contributed by atoms with Crippen LogP contribution in [0.1, 0.15) is 31.2 Å². The zero-order chi connectivity index (χ0) is 15.4. The van der Waals surface area contributed by atoms with E-state index in [1.165, 1.54) is 45.4 Å². The van der Waals surface area contributed by atoms with Crippen LogP contribution in [0.15, 0.2) is 24.3 Å². The third-order valence-corrected chi connectivity index (χ3v) is 5.15. The maximum Gasteiger partial charge on any atom is 0.124 e. The molecule has 22 heavy (non-hydrogen) atoms. The number of likely N-dealkylation sites (N-methyl/N-ethyl adjacent to an activating group) is 1. The van der Waals surface area contributed by atoms with Gasteiger partial charge < -0.3 is 15.4 Å². The fourth-order valence-corrected chi connectivity index (χ4v) is 3.74. The molecule has 4 nitrogen and oxygen atoms in total. The molecule has 1 saturated heterocycles. The fourth-order valence-electron chi connectivity index (χ4n) is 3.74. The van der Waals surface area contributed by atoms with Crippen LogP contribution in [0.4, 0.5) is 0 Å². The van der Waals surface area contributed by atoms with Crippen molar-refractivity contribution in [2.45, 2.75) is 44.4 Å². The lowest BCUT2D eigenvalue weighted by molar-refractivity contribution is 0.0126. The van der Waals surface area contributed by atoms with Crippen molar-refractivity contribution in [3.05, 3.63) is 29.8 Å². The summed E-state index contributed by atoms with van der Waals surface area (Å²) in [4.78, 5) is 5.06. The van der Waals surface area contributed by atoms with Crippen LogP contribution in [0, 0.1) is 0 Å². The first kappa shape index (κ1) is 15.8. The van der Waals surface area contributed by atoms with Gasteiger partial charge in [-0.25, -0.2) is 0 Å². The molecule has 122 valence electrons. The quantitative estimate of drug-likeness (QED) is 0.925. The van der Waals surface area contributed by atoms with E-state index in [9.17, 15) is 0 Å². The summed E-state index contributed by atoms with van der Waals surface area (Å²) in [5, 5.41) is 0. The lowest BCUT2D eigenvalue weighted by Crippen LogP contribution is -2.54. The van der Waals surface area contributed by atoms with Crippen LogP contribution in [-0.2, 0) is 6.54 Å². The molecule has 1 aromatic carbocycles. The predicted molar refractivity (Wildman–Crippen MR) is 90.1 cm³/mol. The van der Waals surface area contributed by atoms with Crippen LogP contribution in [0.2, 0.25) is 0 Å². The van der Waals surface area contributed by atoms with Crippen LogP contribution in [-0.4, -0.2) is 55.2 Å². The van der Waals surface area contributed by atoms with Gasteiger partial charge in [0.25, 0.3) is 0 Å². The van der Waals surface area contributed by atoms with Crippen molar-refractivity contribution in [3.63, 3.8) is 0 Å². The number of nitrogens with zero attached hydrogens (tertiary/aromatic N) is 2. The monoisotopic (exact) mass is 303 g/mol. The lowest BCUT2D eigenvalue weighted by atomic mass is 9.90. The molecule has 4 heteroatoms. The molecule has 3 rings (SSSR count). The van der Waals surface area contributed by atoms with E-state index in [0.29, 0.717) is 18.7 Å². The second-order valence-electron chi connectivity index (χ2n) is 6.66. The Labute approximate surface area is 134 Å². The zero-order valence-electron chi connectivity index (χ0n) is 13.7. The Kier molecular flexibility index (Phi) is 5.34. The van der Waals surface area contributed by atoms with E-state index in [2.05, 4.69) is 29.0 Å². The molecule has 2 N–H and O–H groups in total. The topological polar surface area (TPSA) is 41.7 Å². The Bertz CT molecular complexity index is 471. The number of hydrogen-bond donors (Lipinski definition) is 1. The van der Waals surface area contributed by atoms with Gasteiger partial charge in [-0.2, -0.15) is 0 Å². The SMILES string of the molecule is CN1CCN(C2CCCCC2Oc2ccccc2CN)CC1. The van der Waals surface area contributed by atoms with Gasteiger partial charge in [-0.1, -0.05) is 24.6 Å². The largest absolute Gasteiger partial charge is 0.488 e. The van der Waals surface area contributed by atoms with E-state index in [1.54, 1.807) is 0 Å². The molecule has 0 aromatic heterocycles. The van der Waals surface area contributed by atoms with Crippen LogP contribution in [0.25, 0.3) is 0 Å². The Morgan fingerprint density at radius 2 is 1.82 bits per heavy atom. The average Bonchev–Trinajstić information content (AvgIpc) is 2.57. The van der Waals surface area contributed by atoms with Crippen molar-refractivity contribution in [1.29, 1.82) is 0 Å². The third-order valence-electron chi connectivity index (χ3n) is 5.15. The highest BCUT2D eigenvalue weighted by Gasteiger charge is 2.33. The summed E-state index contributed by atoms with van der Waals surface area (Å²) in [5.41, 5.74) is 6.97. The molecule has 0 bridgehead atoms. The smallest absolute Gasteiger partial charge is 0.124 e. The minimum Gasteiger partial charge on any atom is -0.488 e. The molecular weight excluding hydrogens is 274 g/mol. The molecule has 1 saturated carbocycles. The summed E-state index contributed by atoms with van der Waals surface area (Å²) in [6, 6.07) is 8.78. The first-order valence-electron chi connectivity index (χ1n) is 8.65. The van der Waals surface area contributed by atoms with Gasteiger partial charge in [0.05, 0.1) is 0 Å². The summed E-state index contributed by atoms with van der Waals surface area (Å²) in [6.07, 6.45) is 5.34. The van der Waals surface area contributed by atoms with Crippen LogP contribution >= 0.6 is 0 Å². The Balaban J connectivity index is 1.69. The van der Waals surface area contributed by atoms with Crippen molar-refractivity contribution in [2.75, 3.05) is 33.2 Å². The van der Waals surface area contributed by atoms with Crippen LogP contribution in [0.5, 0.6) is 5.75 Å². The van der Waals surface area contributed by atoms with Gasteiger partial charge in [0.1, 0.15) is 11.9 Å². The fraction of sp³-hybridized carbons (Fsp3) is 0.667. The predicted octanol–water partition coefficient (Wildman–Crippen LogP) is 2.08. The zero-order valence-corrected chi connectivity index (χ0v) is 13.7. The van der Waals surface area contributed by atoms with E-state index in [-0.39, 0.29) is 0 Å². The van der Waals surface area contributed by atoms with Crippen molar-refractivity contribution in [1.82, 2.24) is 9.80 Å². The summed E-state index contributed by atoms with van der Waals surface area (Å²) in [5.74, 6) is 0.982. The van der Waals surface area contributed by atoms with Gasteiger partial charge >= 0.3 is 0 Å². The molecule has 0 radical (unpaired) electrons. The molecule has 1 heterocycles. The van der Waals surface area contributed by atoms with Gasteiger partial charge in [-0.3, -0.25) is 4.90 Å². The second kappa shape index (κ2) is 7.44. The van der Waals surface area contributed by atoms with E-state index < -0.39 is 0 Å². The molecule has 1 aromatic rings. The van der Waals surface area contributed by atoms with Crippen molar-refractivity contribution >= 4 is 0 Å². The number of hydrogen-bond acceptors (Lipinski definition) is 4. The first-order valence-corrected chi connectivity index (χ1v) is 8.65. The Morgan fingerprint density at radius 3 is 2.59 bits per heavy atom. The van der Waals surface area contributed by atoms with Crippen LogP contribution < -0.4 is 10.5 Å². The van der Waals surface area contributed by atoms with Crippen molar-refractivity contribution in [3.8, 4) is 5.75 Å². The molecule has 1 aliphatic carbocycles. The van der Waals surface area contributed by atoms with Crippen molar-refractivity contribution < 1.29 is 4.74 Å². The van der Waals surface area contributed by atoms with E-state index in [0.717, 1.165) is 17.7 Å². The number of nitrogens with two attached hydrogens (primary N) is 1. The highest BCUT2D eigenvalue weighted by molar-refractivity contribution is 5.33. The minimum absolute atomic E-state index is 0.310. The average molecular weight is 303 g/mol. The van der Waals surface area contributed by atoms with E-state index in [4.69, 9.17) is 10.5 Å². The summed E-state index contributed by atoms with van der Waals surface area (Å²) >= 11 is 0. The van der Waals surface area contributed by atoms with Gasteiger partial charge in [0.2, 0.25) is 0 Å². The van der Waals surface area contributed by atoms with Gasteiger partial charge in [-0.15, -0.1) is 0 Å². The highest BCUT2D eigenvalue weighted by Crippen LogP contribution is 2.29. The Morgan fingerprint density at radius 1 is 1.09 bits per heavy atom. The first-order chi connectivity index (χ1) is 10.8. The number of ether oxygens (including phenoxy) is 1. The molecule has 2 fully saturated rings. The number of para-hydroxylation sites is 1. The molecule has 0 spiro atoms. The number of rotatable bonds is 4. The standard InChI is InChI=1S/C18H29N3O/c1-20-10-12-21(13-11-20)16-7-3-5-9-18(16)22-17-8-4-2-6-15(17)14-19/h2,4,6,8,16,18H,3,5,7,9-14,19H2,1H3. The highest BCUT2D eigenvalue weighted by atomic mass is 16.5. The summed E-state index contributed by atoms with van der Waals surface area (Å²) < 4.78 is 6.43. The van der Waals surface area contributed by atoms with Crippen LogP contribution in [0.3, 0.4) is 0 Å². The molecular formula is C18H29N3O. The normalized spacial score (nSPS) is 27.7. The molecule has 1 aliphatic heterocycles. The summed E-state index contributed by atoms with van der Waals surface area (Å²) in [6.45, 7) is 5.21. The van der Waals surface area contributed by atoms with E-state index >= 15 is 0 Å². The maximum absolute atomic E-state index is 6.43. The minimum atomic E-state index is 0.310. The third kappa shape index (κ3) is 3.62. The second-order valence-corrected chi connectivity index (χ2v) is 6.66. The van der Waals surface area contributed by atoms with Gasteiger partial charge in [-0.05, 0) is 32.4 Å². The maximum atomic E-state index is 6.43. The van der Waals surface area contributed by atoms with E-state index in [1.807, 2.05) is 12.1 Å². The summed E-state index contributed by atoms with van der Waals surface area (Å²) in [7, 11) is 2.21. The molecule has 2 atom stereocenters. The Hall–Kier alpha value is -1.10. The van der Waals surface area contributed by atoms with Gasteiger partial charge in [0.15, 0.2) is 0 Å². The number of piperazine rings is 1. The number of benzene rings is 1.